The molecule has 1 aromatic heterocycles. The normalized spacial score (nSPS) is 12.5. The predicted molar refractivity (Wildman–Crippen MR) is 121 cm³/mol. The number of hydrogen-bond donors (Lipinski definition) is 1. The summed E-state index contributed by atoms with van der Waals surface area (Å²) in [6, 6.07) is 15.2. The number of benzene rings is 2. The van der Waals surface area contributed by atoms with Crippen LogP contribution in [-0.2, 0) is 11.9 Å². The molecule has 0 spiro atoms. The van der Waals surface area contributed by atoms with Gasteiger partial charge in [0.1, 0.15) is 11.7 Å². The average molecular weight is 423 g/mol. The minimum atomic E-state index is -0.661. The minimum Gasteiger partial charge on any atom is -0.393 e. The van der Waals surface area contributed by atoms with E-state index in [1.807, 2.05) is 63.2 Å². The minimum absolute atomic E-state index is 0.0548. The molecule has 0 saturated heterocycles. The van der Waals surface area contributed by atoms with E-state index in [1.54, 1.807) is 13.0 Å². The van der Waals surface area contributed by atoms with Gasteiger partial charge < -0.3 is 10.2 Å². The van der Waals surface area contributed by atoms with Crippen LogP contribution in [0.15, 0.2) is 53.7 Å². The number of amides is 1. The summed E-state index contributed by atoms with van der Waals surface area (Å²) in [5.74, 6) is -1.19. The fraction of sp³-hybridized carbons (Fsp3) is 0.292. The van der Waals surface area contributed by atoms with Gasteiger partial charge in [0, 0.05) is 18.3 Å². The largest absolute Gasteiger partial charge is 0.393 e. The van der Waals surface area contributed by atoms with Gasteiger partial charge in [-0.1, -0.05) is 54.5 Å². The van der Waals surface area contributed by atoms with Crippen LogP contribution < -0.4 is 5.32 Å². The third-order valence-electron chi connectivity index (χ3n) is 5.11. The van der Waals surface area contributed by atoms with Crippen LogP contribution in [0.25, 0.3) is 11.1 Å². The molecular formula is C24H27FN4O2. The summed E-state index contributed by atoms with van der Waals surface area (Å²) in [7, 11) is 1.47. The van der Waals surface area contributed by atoms with Crippen LogP contribution in [0.4, 0.5) is 10.1 Å². The molecule has 1 atom stereocenters. The smallest absolute Gasteiger partial charge is 0.262 e. The van der Waals surface area contributed by atoms with Crippen molar-refractivity contribution in [2.24, 2.45) is 12.2 Å². The first-order chi connectivity index (χ1) is 14.8. The van der Waals surface area contributed by atoms with Crippen molar-refractivity contribution < 1.29 is 14.0 Å². The molecule has 7 heteroatoms. The third-order valence-corrected chi connectivity index (χ3v) is 5.11. The van der Waals surface area contributed by atoms with Gasteiger partial charge in [-0.2, -0.15) is 9.49 Å². The SMILES string of the molecule is CCC(C)O/N=C(/C)c1ccc(-c2ccccc2NC(=O)c2c(C)nn(C)c2F)cc1. The number of nitrogens with one attached hydrogen (secondary N) is 1. The number of anilines is 1. The molecule has 0 saturated carbocycles. The second-order valence-electron chi connectivity index (χ2n) is 7.45. The number of aromatic nitrogens is 2. The highest BCUT2D eigenvalue weighted by Crippen LogP contribution is 2.29. The van der Waals surface area contributed by atoms with Crippen molar-refractivity contribution in [1.29, 1.82) is 0 Å². The highest BCUT2D eigenvalue weighted by atomic mass is 19.1. The Kier molecular flexibility index (Phi) is 6.84. The Bertz CT molecular complexity index is 1100. The van der Waals surface area contributed by atoms with Gasteiger partial charge in [0.25, 0.3) is 5.91 Å². The highest BCUT2D eigenvalue weighted by Gasteiger charge is 2.21. The van der Waals surface area contributed by atoms with E-state index in [0.717, 1.165) is 33.5 Å². The molecule has 0 bridgehead atoms. The number of hydrogen-bond acceptors (Lipinski definition) is 4. The molecule has 0 fully saturated rings. The second kappa shape index (κ2) is 9.55. The van der Waals surface area contributed by atoms with E-state index >= 15 is 0 Å². The molecule has 1 heterocycles. The quantitative estimate of drug-likeness (QED) is 0.414. The first-order valence-electron chi connectivity index (χ1n) is 10.2. The van der Waals surface area contributed by atoms with E-state index in [1.165, 1.54) is 7.05 Å². The van der Waals surface area contributed by atoms with Crippen LogP contribution in [-0.4, -0.2) is 27.5 Å². The number of rotatable bonds is 7. The van der Waals surface area contributed by atoms with Crippen LogP contribution in [0.2, 0.25) is 0 Å². The Balaban J connectivity index is 1.84. The molecule has 162 valence electrons. The van der Waals surface area contributed by atoms with Crippen LogP contribution in [0.3, 0.4) is 0 Å². The first-order valence-corrected chi connectivity index (χ1v) is 10.2. The van der Waals surface area contributed by atoms with Gasteiger partial charge in [-0.05, 0) is 44.4 Å². The fourth-order valence-corrected chi connectivity index (χ4v) is 3.10. The molecule has 0 aliphatic heterocycles. The predicted octanol–water partition coefficient (Wildman–Crippen LogP) is 5.33. The van der Waals surface area contributed by atoms with Crippen LogP contribution >= 0.6 is 0 Å². The highest BCUT2D eigenvalue weighted by molar-refractivity contribution is 6.07. The molecule has 0 radical (unpaired) electrons. The summed E-state index contributed by atoms with van der Waals surface area (Å²) >= 11 is 0. The molecule has 1 amide bonds. The van der Waals surface area contributed by atoms with Crippen LogP contribution in [0, 0.1) is 12.9 Å². The number of carbonyl (C=O) groups excluding carboxylic acids is 1. The van der Waals surface area contributed by atoms with E-state index in [-0.39, 0.29) is 11.7 Å². The zero-order chi connectivity index (χ0) is 22.5. The molecule has 2 aromatic carbocycles. The average Bonchev–Trinajstić information content (AvgIpc) is 3.03. The summed E-state index contributed by atoms with van der Waals surface area (Å²) in [6.45, 7) is 7.53. The topological polar surface area (TPSA) is 68.5 Å². The standard InChI is InChI=1S/C24H27FN4O2/c1-6-15(2)31-28-16(3)18-11-13-19(14-12-18)20-9-7-8-10-21(20)26-24(30)22-17(4)27-29(5)23(22)25/h7-15H,6H2,1-5H3,(H,26,30)/b28-16-. The second-order valence-corrected chi connectivity index (χ2v) is 7.45. The van der Waals surface area contributed by atoms with Crippen molar-refractivity contribution in [3.63, 3.8) is 0 Å². The summed E-state index contributed by atoms with van der Waals surface area (Å²) in [5, 5.41) is 11.0. The van der Waals surface area contributed by atoms with Crippen molar-refractivity contribution >= 4 is 17.3 Å². The monoisotopic (exact) mass is 422 g/mol. The number of para-hydroxylation sites is 1. The molecule has 6 nitrogen and oxygen atoms in total. The Labute approximate surface area is 181 Å². The van der Waals surface area contributed by atoms with Gasteiger partial charge in [-0.25, -0.2) is 4.68 Å². The molecule has 1 unspecified atom stereocenters. The van der Waals surface area contributed by atoms with E-state index < -0.39 is 11.9 Å². The third kappa shape index (κ3) is 4.99. The molecular weight excluding hydrogens is 395 g/mol. The number of nitrogens with zero attached hydrogens (tertiary/aromatic N) is 3. The number of aryl methyl sites for hydroxylation is 2. The molecule has 0 aliphatic carbocycles. The number of carbonyl (C=O) groups is 1. The molecule has 3 aromatic rings. The Morgan fingerprint density at radius 1 is 1.23 bits per heavy atom. The van der Waals surface area contributed by atoms with Crippen molar-refractivity contribution in [1.82, 2.24) is 9.78 Å². The van der Waals surface area contributed by atoms with Gasteiger partial charge in [-0.3, -0.25) is 4.79 Å². The molecule has 31 heavy (non-hydrogen) atoms. The Morgan fingerprint density at radius 2 is 1.90 bits per heavy atom. The van der Waals surface area contributed by atoms with E-state index in [9.17, 15) is 9.18 Å². The van der Waals surface area contributed by atoms with Gasteiger partial charge >= 0.3 is 0 Å². The zero-order valence-corrected chi connectivity index (χ0v) is 18.4. The van der Waals surface area contributed by atoms with Gasteiger partial charge in [-0.15, -0.1) is 0 Å². The summed E-state index contributed by atoms with van der Waals surface area (Å²) in [6.07, 6.45) is 0.957. The van der Waals surface area contributed by atoms with Crippen LogP contribution in [0.1, 0.15) is 48.8 Å². The van der Waals surface area contributed by atoms with Crippen molar-refractivity contribution in [2.75, 3.05) is 5.32 Å². The zero-order valence-electron chi connectivity index (χ0n) is 18.4. The van der Waals surface area contributed by atoms with Gasteiger partial charge in [0.15, 0.2) is 0 Å². The van der Waals surface area contributed by atoms with Crippen molar-refractivity contribution in [2.45, 2.75) is 40.2 Å². The van der Waals surface area contributed by atoms with Crippen molar-refractivity contribution in [3.05, 3.63) is 71.3 Å². The molecule has 0 aliphatic rings. The lowest BCUT2D eigenvalue weighted by atomic mass is 10.0. The van der Waals surface area contributed by atoms with E-state index in [4.69, 9.17) is 4.84 Å². The Hall–Kier alpha value is -3.48. The Morgan fingerprint density at radius 3 is 2.52 bits per heavy atom. The lowest BCUT2D eigenvalue weighted by molar-refractivity contribution is 0.0699. The van der Waals surface area contributed by atoms with Crippen molar-refractivity contribution in [3.8, 4) is 11.1 Å². The maximum Gasteiger partial charge on any atom is 0.262 e. The van der Waals surface area contributed by atoms with Gasteiger partial charge in [0.2, 0.25) is 5.95 Å². The first kappa shape index (κ1) is 22.2. The van der Waals surface area contributed by atoms with Crippen LogP contribution in [0.5, 0.6) is 0 Å². The lowest BCUT2D eigenvalue weighted by Crippen LogP contribution is -2.15. The summed E-state index contributed by atoms with van der Waals surface area (Å²) < 4.78 is 15.3. The number of halogens is 1. The maximum atomic E-state index is 14.3. The number of oxime groups is 1. The maximum absolute atomic E-state index is 14.3. The molecule has 1 N–H and O–H groups in total. The summed E-state index contributed by atoms with van der Waals surface area (Å²) in [5.41, 5.74) is 4.36. The van der Waals surface area contributed by atoms with E-state index in [2.05, 4.69) is 15.6 Å². The van der Waals surface area contributed by atoms with Gasteiger partial charge in [0.05, 0.1) is 11.4 Å². The summed E-state index contributed by atoms with van der Waals surface area (Å²) in [4.78, 5) is 18.2. The lowest BCUT2D eigenvalue weighted by Gasteiger charge is -2.12. The fourth-order valence-electron chi connectivity index (χ4n) is 3.10. The van der Waals surface area contributed by atoms with E-state index in [0.29, 0.717) is 11.4 Å². The molecule has 3 rings (SSSR count).